The number of aromatic nitrogens is 1. The molecule has 1 heterocycles. The highest BCUT2D eigenvalue weighted by Crippen LogP contribution is 2.22. The van der Waals surface area contributed by atoms with Crippen molar-refractivity contribution < 1.29 is 5.11 Å². The van der Waals surface area contributed by atoms with Crippen LogP contribution in [0.3, 0.4) is 0 Å². The Morgan fingerprint density at radius 2 is 2.43 bits per heavy atom. The molecule has 0 aromatic carbocycles. The normalized spacial score (nSPS) is 12.6. The Kier molecular flexibility index (Phi) is 4.65. The van der Waals surface area contributed by atoms with Crippen molar-refractivity contribution in [1.82, 2.24) is 4.98 Å². The molecule has 14 heavy (non-hydrogen) atoms. The summed E-state index contributed by atoms with van der Waals surface area (Å²) in [6, 6.07) is 1.78. The standard InChI is InChI=1S/C9H12BrClN2O/c1-6(5-14)3-12-9-8(11)2-7(10)4-13-9/h2,4,6,14H,3,5H2,1H3,(H,12,13). The summed E-state index contributed by atoms with van der Waals surface area (Å²) in [4.78, 5) is 4.11. The lowest BCUT2D eigenvalue weighted by molar-refractivity contribution is 0.244. The van der Waals surface area contributed by atoms with E-state index in [4.69, 9.17) is 16.7 Å². The van der Waals surface area contributed by atoms with Gasteiger partial charge in [-0.1, -0.05) is 18.5 Å². The minimum atomic E-state index is 0.154. The molecular formula is C9H12BrClN2O. The van der Waals surface area contributed by atoms with E-state index >= 15 is 0 Å². The van der Waals surface area contributed by atoms with Crippen LogP contribution in [0.1, 0.15) is 6.92 Å². The van der Waals surface area contributed by atoms with E-state index in [2.05, 4.69) is 26.2 Å². The van der Waals surface area contributed by atoms with Gasteiger partial charge in [0.05, 0.1) is 5.02 Å². The van der Waals surface area contributed by atoms with E-state index in [0.29, 0.717) is 17.4 Å². The minimum Gasteiger partial charge on any atom is -0.396 e. The number of nitrogens with zero attached hydrogens (tertiary/aromatic N) is 1. The third-order valence-corrected chi connectivity index (χ3v) is 2.46. The zero-order chi connectivity index (χ0) is 10.6. The molecule has 0 aliphatic rings. The van der Waals surface area contributed by atoms with Crippen LogP contribution in [0, 0.1) is 5.92 Å². The van der Waals surface area contributed by atoms with Crippen molar-refractivity contribution in [3.05, 3.63) is 21.8 Å². The van der Waals surface area contributed by atoms with Crippen molar-refractivity contribution in [3.63, 3.8) is 0 Å². The van der Waals surface area contributed by atoms with E-state index in [-0.39, 0.29) is 12.5 Å². The Hall–Kier alpha value is -0.320. The molecule has 0 fully saturated rings. The van der Waals surface area contributed by atoms with Gasteiger partial charge in [-0.2, -0.15) is 0 Å². The van der Waals surface area contributed by atoms with Crippen LogP contribution >= 0.6 is 27.5 Å². The molecule has 0 amide bonds. The molecule has 0 radical (unpaired) electrons. The molecule has 78 valence electrons. The zero-order valence-corrected chi connectivity index (χ0v) is 10.1. The zero-order valence-electron chi connectivity index (χ0n) is 7.80. The van der Waals surface area contributed by atoms with Gasteiger partial charge < -0.3 is 10.4 Å². The predicted octanol–water partition coefficient (Wildman–Crippen LogP) is 2.54. The maximum atomic E-state index is 8.83. The van der Waals surface area contributed by atoms with Gasteiger partial charge in [-0.05, 0) is 27.9 Å². The summed E-state index contributed by atoms with van der Waals surface area (Å²) in [5.41, 5.74) is 0. The van der Waals surface area contributed by atoms with Gasteiger partial charge in [0, 0.05) is 23.8 Å². The number of anilines is 1. The number of pyridine rings is 1. The van der Waals surface area contributed by atoms with E-state index in [1.54, 1.807) is 12.3 Å². The molecule has 2 N–H and O–H groups in total. The second-order valence-electron chi connectivity index (χ2n) is 3.15. The van der Waals surface area contributed by atoms with Crippen LogP contribution in [0.25, 0.3) is 0 Å². The molecule has 1 rings (SSSR count). The van der Waals surface area contributed by atoms with Gasteiger partial charge in [-0.15, -0.1) is 0 Å². The Morgan fingerprint density at radius 1 is 1.71 bits per heavy atom. The number of halogens is 2. The summed E-state index contributed by atoms with van der Waals surface area (Å²) in [7, 11) is 0. The van der Waals surface area contributed by atoms with Crippen LogP contribution in [0.5, 0.6) is 0 Å². The number of aliphatic hydroxyl groups is 1. The highest BCUT2D eigenvalue weighted by molar-refractivity contribution is 9.10. The fraction of sp³-hybridized carbons (Fsp3) is 0.444. The average Bonchev–Trinajstić information content (AvgIpc) is 2.16. The molecular weight excluding hydrogens is 267 g/mol. The largest absolute Gasteiger partial charge is 0.396 e. The van der Waals surface area contributed by atoms with Crippen molar-refractivity contribution in [3.8, 4) is 0 Å². The van der Waals surface area contributed by atoms with Crippen LogP contribution in [-0.2, 0) is 0 Å². The van der Waals surface area contributed by atoms with Gasteiger partial charge in [0.25, 0.3) is 0 Å². The number of rotatable bonds is 4. The van der Waals surface area contributed by atoms with Crippen molar-refractivity contribution in [2.24, 2.45) is 5.92 Å². The van der Waals surface area contributed by atoms with Crippen LogP contribution in [0.15, 0.2) is 16.7 Å². The molecule has 3 nitrogen and oxygen atoms in total. The molecule has 0 aliphatic carbocycles. The number of hydrogen-bond donors (Lipinski definition) is 2. The Morgan fingerprint density at radius 3 is 3.00 bits per heavy atom. The van der Waals surface area contributed by atoms with E-state index in [1.165, 1.54) is 0 Å². The first-order valence-electron chi connectivity index (χ1n) is 4.29. The van der Waals surface area contributed by atoms with Crippen molar-refractivity contribution in [2.75, 3.05) is 18.5 Å². The van der Waals surface area contributed by atoms with Crippen LogP contribution in [-0.4, -0.2) is 23.2 Å². The predicted molar refractivity (Wildman–Crippen MR) is 61.7 cm³/mol. The van der Waals surface area contributed by atoms with Gasteiger partial charge >= 0.3 is 0 Å². The van der Waals surface area contributed by atoms with Crippen molar-refractivity contribution >= 4 is 33.3 Å². The molecule has 1 aromatic rings. The van der Waals surface area contributed by atoms with Crippen LogP contribution < -0.4 is 5.32 Å². The van der Waals surface area contributed by atoms with E-state index in [1.807, 2.05) is 6.92 Å². The van der Waals surface area contributed by atoms with Gasteiger partial charge in [0.15, 0.2) is 0 Å². The lowest BCUT2D eigenvalue weighted by atomic mass is 10.2. The molecule has 0 saturated carbocycles. The smallest absolute Gasteiger partial charge is 0.144 e. The maximum Gasteiger partial charge on any atom is 0.144 e. The third kappa shape index (κ3) is 3.44. The molecule has 0 spiro atoms. The summed E-state index contributed by atoms with van der Waals surface area (Å²) < 4.78 is 0.850. The van der Waals surface area contributed by atoms with Gasteiger partial charge in [0.2, 0.25) is 0 Å². The average molecular weight is 280 g/mol. The second kappa shape index (κ2) is 5.53. The van der Waals surface area contributed by atoms with Crippen LogP contribution in [0.2, 0.25) is 5.02 Å². The second-order valence-corrected chi connectivity index (χ2v) is 4.48. The fourth-order valence-corrected chi connectivity index (χ4v) is 1.58. The third-order valence-electron chi connectivity index (χ3n) is 1.74. The minimum absolute atomic E-state index is 0.154. The molecule has 0 bridgehead atoms. The molecule has 0 aliphatic heterocycles. The van der Waals surface area contributed by atoms with E-state index in [9.17, 15) is 0 Å². The summed E-state index contributed by atoms with van der Waals surface area (Å²) in [5, 5.41) is 12.5. The summed E-state index contributed by atoms with van der Waals surface area (Å²) in [6.45, 7) is 2.76. The Bertz CT molecular complexity index is 309. The first kappa shape index (κ1) is 11.8. The topological polar surface area (TPSA) is 45.1 Å². The van der Waals surface area contributed by atoms with Gasteiger partial charge in [-0.25, -0.2) is 4.98 Å². The molecule has 1 unspecified atom stereocenters. The number of hydrogen-bond acceptors (Lipinski definition) is 3. The molecule has 1 aromatic heterocycles. The molecule has 1 atom stereocenters. The lowest BCUT2D eigenvalue weighted by Gasteiger charge is -2.11. The quantitative estimate of drug-likeness (QED) is 0.890. The monoisotopic (exact) mass is 278 g/mol. The lowest BCUT2D eigenvalue weighted by Crippen LogP contribution is -2.15. The van der Waals surface area contributed by atoms with E-state index < -0.39 is 0 Å². The van der Waals surface area contributed by atoms with Gasteiger partial charge in [-0.3, -0.25) is 0 Å². The first-order valence-corrected chi connectivity index (χ1v) is 5.46. The number of nitrogens with one attached hydrogen (secondary N) is 1. The van der Waals surface area contributed by atoms with Crippen molar-refractivity contribution in [1.29, 1.82) is 0 Å². The fourth-order valence-electron chi connectivity index (χ4n) is 0.880. The SMILES string of the molecule is CC(CO)CNc1ncc(Br)cc1Cl. The molecule has 0 saturated heterocycles. The van der Waals surface area contributed by atoms with E-state index in [0.717, 1.165) is 4.47 Å². The summed E-state index contributed by atoms with van der Waals surface area (Å²) >= 11 is 9.21. The Labute approximate surface area is 96.6 Å². The van der Waals surface area contributed by atoms with Crippen molar-refractivity contribution in [2.45, 2.75) is 6.92 Å². The number of aliphatic hydroxyl groups excluding tert-OH is 1. The van der Waals surface area contributed by atoms with Crippen LogP contribution in [0.4, 0.5) is 5.82 Å². The summed E-state index contributed by atoms with van der Waals surface area (Å²) in [6.07, 6.45) is 1.68. The Balaban J connectivity index is 2.59. The maximum absolute atomic E-state index is 8.83. The highest BCUT2D eigenvalue weighted by Gasteiger charge is 2.04. The summed E-state index contributed by atoms with van der Waals surface area (Å²) in [5.74, 6) is 0.840. The highest BCUT2D eigenvalue weighted by atomic mass is 79.9. The molecule has 5 heteroatoms. The van der Waals surface area contributed by atoms with Gasteiger partial charge in [0.1, 0.15) is 5.82 Å². The first-order chi connectivity index (χ1) is 6.63.